The molecule has 0 bridgehead atoms. The Balaban J connectivity index is 1.63. The summed E-state index contributed by atoms with van der Waals surface area (Å²) >= 11 is 0. The molecule has 0 spiro atoms. The van der Waals surface area contributed by atoms with Gasteiger partial charge in [-0.2, -0.15) is 0 Å². The van der Waals surface area contributed by atoms with Crippen LogP contribution in [0.5, 0.6) is 0 Å². The van der Waals surface area contributed by atoms with E-state index in [9.17, 15) is 4.79 Å². The van der Waals surface area contributed by atoms with Crippen molar-refractivity contribution in [2.24, 2.45) is 0 Å². The Morgan fingerprint density at radius 2 is 1.50 bits per heavy atom. The van der Waals surface area contributed by atoms with Crippen molar-refractivity contribution in [3.63, 3.8) is 0 Å². The Bertz CT molecular complexity index is 1110. The van der Waals surface area contributed by atoms with Crippen molar-refractivity contribution in [2.75, 3.05) is 19.8 Å². The fourth-order valence-corrected chi connectivity index (χ4v) is 5.46. The van der Waals surface area contributed by atoms with E-state index in [2.05, 4.69) is 33.9 Å². The highest BCUT2D eigenvalue weighted by atomic mass is 28.4. The summed E-state index contributed by atoms with van der Waals surface area (Å²) in [4.78, 5) is 13.2. The second-order valence-electron chi connectivity index (χ2n) is 11.0. The molecule has 0 amide bonds. The standard InChI is InChI=1S/C30H38O5Si/c1-30(2,3)36(4,5)35-28-21-33-19-25-24(29(28)34-18-23-14-10-7-11-15-23)16-27(31)26(25)20-32-17-22-12-8-6-9-13-22/h6-15,28H,16-21H2,1-5H3. The Hall–Kier alpha value is -2.51. The summed E-state index contributed by atoms with van der Waals surface area (Å²) in [5.41, 5.74) is 4.65. The van der Waals surface area contributed by atoms with Crippen LogP contribution in [0.25, 0.3) is 0 Å². The van der Waals surface area contributed by atoms with E-state index in [4.69, 9.17) is 18.6 Å². The van der Waals surface area contributed by atoms with E-state index in [1.54, 1.807) is 0 Å². The fraction of sp³-hybridized carbons (Fsp3) is 0.433. The number of hydrogen-bond acceptors (Lipinski definition) is 5. The summed E-state index contributed by atoms with van der Waals surface area (Å²) in [6, 6.07) is 20.1. The summed E-state index contributed by atoms with van der Waals surface area (Å²) in [5, 5.41) is 0.0368. The first kappa shape index (κ1) is 26.5. The van der Waals surface area contributed by atoms with Gasteiger partial charge >= 0.3 is 0 Å². The zero-order valence-corrected chi connectivity index (χ0v) is 23.1. The monoisotopic (exact) mass is 506 g/mol. The molecule has 1 atom stereocenters. The maximum atomic E-state index is 13.2. The first-order chi connectivity index (χ1) is 17.2. The smallest absolute Gasteiger partial charge is 0.193 e. The molecule has 2 aromatic carbocycles. The third-order valence-electron chi connectivity index (χ3n) is 7.35. The van der Waals surface area contributed by atoms with Crippen LogP contribution in [0.2, 0.25) is 18.1 Å². The number of fused-ring (bicyclic) bond motifs is 1. The Labute approximate surface area is 216 Å². The molecule has 192 valence electrons. The average molecular weight is 507 g/mol. The van der Waals surface area contributed by atoms with E-state index < -0.39 is 8.32 Å². The van der Waals surface area contributed by atoms with Crippen LogP contribution >= 0.6 is 0 Å². The lowest BCUT2D eigenvalue weighted by molar-refractivity contribution is -0.115. The van der Waals surface area contributed by atoms with Gasteiger partial charge in [-0.1, -0.05) is 81.4 Å². The molecule has 0 radical (unpaired) electrons. The average Bonchev–Trinajstić information content (AvgIpc) is 3.04. The highest BCUT2D eigenvalue weighted by Crippen LogP contribution is 2.41. The van der Waals surface area contributed by atoms with Crippen LogP contribution in [0.15, 0.2) is 83.1 Å². The van der Waals surface area contributed by atoms with Gasteiger partial charge in [0.25, 0.3) is 0 Å². The molecule has 1 aliphatic heterocycles. The van der Waals surface area contributed by atoms with Crippen LogP contribution in [-0.4, -0.2) is 40.0 Å². The van der Waals surface area contributed by atoms with Gasteiger partial charge in [0.2, 0.25) is 0 Å². The molecule has 36 heavy (non-hydrogen) atoms. The van der Waals surface area contributed by atoms with Gasteiger partial charge in [-0.25, -0.2) is 0 Å². The van der Waals surface area contributed by atoms with E-state index in [1.165, 1.54) is 0 Å². The first-order valence-corrected chi connectivity index (χ1v) is 15.6. The second-order valence-corrected chi connectivity index (χ2v) is 15.8. The molecule has 2 aromatic rings. The number of hydrogen-bond donors (Lipinski definition) is 0. The van der Waals surface area contributed by atoms with Crippen LogP contribution in [-0.2, 0) is 36.6 Å². The van der Waals surface area contributed by atoms with Crippen LogP contribution in [0.4, 0.5) is 0 Å². The molecule has 4 rings (SSSR count). The molecule has 6 heteroatoms. The molecule has 0 aromatic heterocycles. The normalized spacial score (nSPS) is 18.9. The summed E-state index contributed by atoms with van der Waals surface area (Å²) in [6.45, 7) is 13.0. The van der Waals surface area contributed by atoms with Crippen LogP contribution in [0.1, 0.15) is 38.3 Å². The quantitative estimate of drug-likeness (QED) is 0.370. The second kappa shape index (κ2) is 11.3. The number of ketones is 1. The van der Waals surface area contributed by atoms with E-state index in [0.29, 0.717) is 38.4 Å². The van der Waals surface area contributed by atoms with Crippen LogP contribution in [0.3, 0.4) is 0 Å². The van der Waals surface area contributed by atoms with E-state index in [0.717, 1.165) is 28.0 Å². The number of carbonyl (C=O) groups is 1. The molecular formula is C30H38O5Si. The number of carbonyl (C=O) groups excluding carboxylic acids is 1. The summed E-state index contributed by atoms with van der Waals surface area (Å²) in [7, 11) is -2.12. The maximum absolute atomic E-state index is 13.2. The Morgan fingerprint density at radius 3 is 2.11 bits per heavy atom. The van der Waals surface area contributed by atoms with Crippen molar-refractivity contribution in [3.05, 3.63) is 94.3 Å². The van der Waals surface area contributed by atoms with Crippen molar-refractivity contribution < 1.29 is 23.4 Å². The Morgan fingerprint density at radius 1 is 0.889 bits per heavy atom. The highest BCUT2D eigenvalue weighted by molar-refractivity contribution is 6.74. The molecule has 1 heterocycles. The van der Waals surface area contributed by atoms with Crippen molar-refractivity contribution in [1.82, 2.24) is 0 Å². The summed E-state index contributed by atoms with van der Waals surface area (Å²) in [5.74, 6) is 0.813. The van der Waals surface area contributed by atoms with Crippen molar-refractivity contribution in [2.45, 2.75) is 64.6 Å². The zero-order valence-electron chi connectivity index (χ0n) is 22.1. The molecular weight excluding hydrogens is 468 g/mol. The third-order valence-corrected chi connectivity index (χ3v) is 11.8. The molecule has 2 aliphatic rings. The van der Waals surface area contributed by atoms with Gasteiger partial charge in [0.15, 0.2) is 14.1 Å². The lowest BCUT2D eigenvalue weighted by Gasteiger charge is -2.39. The minimum absolute atomic E-state index is 0.0368. The number of benzene rings is 2. The number of Topliss-reactive ketones (excluding diaryl/α,β-unsaturated/α-hetero) is 1. The van der Waals surface area contributed by atoms with E-state index in [1.807, 2.05) is 60.7 Å². The molecule has 1 unspecified atom stereocenters. The SMILES string of the molecule is CC(C)(C)[Si](C)(C)OC1COCC2=C(COCc3ccccc3)C(=O)CC2=C1OCc1ccccc1. The predicted octanol–water partition coefficient (Wildman–Crippen LogP) is 6.36. The van der Waals surface area contributed by atoms with E-state index >= 15 is 0 Å². The van der Waals surface area contributed by atoms with Crippen LogP contribution in [0, 0.1) is 0 Å². The van der Waals surface area contributed by atoms with Gasteiger partial charge in [0.1, 0.15) is 18.5 Å². The minimum atomic E-state index is -2.12. The molecule has 1 aliphatic carbocycles. The predicted molar refractivity (Wildman–Crippen MR) is 144 cm³/mol. The van der Waals surface area contributed by atoms with Gasteiger partial charge in [-0.15, -0.1) is 0 Å². The van der Waals surface area contributed by atoms with E-state index in [-0.39, 0.29) is 23.5 Å². The van der Waals surface area contributed by atoms with Crippen molar-refractivity contribution in [3.8, 4) is 0 Å². The van der Waals surface area contributed by atoms with Gasteiger partial charge in [0, 0.05) is 17.6 Å². The first-order valence-electron chi connectivity index (χ1n) is 12.7. The van der Waals surface area contributed by atoms with Gasteiger partial charge in [0.05, 0.1) is 26.4 Å². The Kier molecular flexibility index (Phi) is 8.30. The molecule has 0 fully saturated rings. The largest absolute Gasteiger partial charge is 0.490 e. The molecule has 5 nitrogen and oxygen atoms in total. The topological polar surface area (TPSA) is 54.0 Å². The van der Waals surface area contributed by atoms with Crippen molar-refractivity contribution >= 4 is 14.1 Å². The summed E-state index contributed by atoms with van der Waals surface area (Å²) in [6.07, 6.45) is -0.0519. The highest BCUT2D eigenvalue weighted by Gasteiger charge is 2.43. The fourth-order valence-electron chi connectivity index (χ4n) is 4.22. The summed E-state index contributed by atoms with van der Waals surface area (Å²) < 4.78 is 25.4. The lowest BCUT2D eigenvalue weighted by Crippen LogP contribution is -2.45. The molecule has 0 saturated heterocycles. The molecule has 0 N–H and O–H groups in total. The third kappa shape index (κ3) is 6.24. The number of ether oxygens (including phenoxy) is 3. The minimum Gasteiger partial charge on any atom is -0.490 e. The van der Waals surface area contributed by atoms with Gasteiger partial charge in [-0.3, -0.25) is 4.79 Å². The van der Waals surface area contributed by atoms with Crippen LogP contribution < -0.4 is 0 Å². The molecule has 0 saturated carbocycles. The van der Waals surface area contributed by atoms with Gasteiger partial charge < -0.3 is 18.6 Å². The number of rotatable bonds is 9. The van der Waals surface area contributed by atoms with Gasteiger partial charge in [-0.05, 0) is 34.8 Å². The maximum Gasteiger partial charge on any atom is 0.193 e. The lowest BCUT2D eigenvalue weighted by atomic mass is 10.1. The van der Waals surface area contributed by atoms with Crippen molar-refractivity contribution in [1.29, 1.82) is 0 Å². The zero-order chi connectivity index (χ0) is 25.8.